The lowest BCUT2D eigenvalue weighted by Crippen LogP contribution is -2.39. The monoisotopic (exact) mass is 378 g/mol. The van der Waals surface area contributed by atoms with Crippen molar-refractivity contribution in [3.8, 4) is 5.75 Å². The predicted octanol–water partition coefficient (Wildman–Crippen LogP) is 4.35. The second-order valence-corrected chi connectivity index (χ2v) is 7.59. The van der Waals surface area contributed by atoms with Crippen LogP contribution in [-0.2, 0) is 17.8 Å². The van der Waals surface area contributed by atoms with Crippen molar-refractivity contribution in [1.29, 1.82) is 0 Å². The fourth-order valence-electron chi connectivity index (χ4n) is 3.47. The SMILES string of the molecule is COc1ccc(N(CC(=O)N2CCc3ccccc32)Cc2cccs2)cc1. The zero-order valence-corrected chi connectivity index (χ0v) is 16.1. The molecule has 0 spiro atoms. The molecule has 0 saturated carbocycles. The number of benzene rings is 2. The van der Waals surface area contributed by atoms with Crippen LogP contribution in [0.3, 0.4) is 0 Å². The quantitative estimate of drug-likeness (QED) is 0.639. The topological polar surface area (TPSA) is 32.8 Å². The number of hydrogen-bond donors (Lipinski definition) is 0. The van der Waals surface area contributed by atoms with E-state index in [0.29, 0.717) is 13.1 Å². The van der Waals surface area contributed by atoms with Crippen LogP contribution in [0, 0.1) is 0 Å². The molecule has 27 heavy (non-hydrogen) atoms. The van der Waals surface area contributed by atoms with Crippen LogP contribution < -0.4 is 14.5 Å². The predicted molar refractivity (Wildman–Crippen MR) is 111 cm³/mol. The van der Waals surface area contributed by atoms with Gasteiger partial charge in [0.05, 0.1) is 20.2 Å². The Morgan fingerprint density at radius 1 is 1.11 bits per heavy atom. The minimum Gasteiger partial charge on any atom is -0.497 e. The summed E-state index contributed by atoms with van der Waals surface area (Å²) in [5.41, 5.74) is 3.32. The third-order valence-electron chi connectivity index (χ3n) is 4.88. The van der Waals surface area contributed by atoms with Crippen molar-refractivity contribution in [1.82, 2.24) is 0 Å². The number of carbonyl (C=O) groups is 1. The van der Waals surface area contributed by atoms with E-state index in [4.69, 9.17) is 4.74 Å². The summed E-state index contributed by atoms with van der Waals surface area (Å²) in [7, 11) is 1.66. The van der Waals surface area contributed by atoms with E-state index >= 15 is 0 Å². The summed E-state index contributed by atoms with van der Waals surface area (Å²) in [5.74, 6) is 0.946. The molecule has 0 bridgehead atoms. The van der Waals surface area contributed by atoms with Gasteiger partial charge in [0.1, 0.15) is 5.75 Å². The number of anilines is 2. The van der Waals surface area contributed by atoms with E-state index in [1.54, 1.807) is 18.4 Å². The van der Waals surface area contributed by atoms with Crippen LogP contribution in [0.1, 0.15) is 10.4 Å². The summed E-state index contributed by atoms with van der Waals surface area (Å²) in [4.78, 5) is 18.4. The van der Waals surface area contributed by atoms with Crippen LogP contribution >= 0.6 is 11.3 Å². The number of rotatable bonds is 6. The highest BCUT2D eigenvalue weighted by Gasteiger charge is 2.25. The second kappa shape index (κ2) is 7.84. The average Bonchev–Trinajstić information content (AvgIpc) is 3.37. The number of ether oxygens (including phenoxy) is 1. The van der Waals surface area contributed by atoms with Gasteiger partial charge in [-0.2, -0.15) is 0 Å². The second-order valence-electron chi connectivity index (χ2n) is 6.56. The van der Waals surface area contributed by atoms with Crippen molar-refractivity contribution in [3.63, 3.8) is 0 Å². The lowest BCUT2D eigenvalue weighted by molar-refractivity contribution is -0.117. The molecule has 0 radical (unpaired) electrons. The molecule has 2 aromatic carbocycles. The Morgan fingerprint density at radius 3 is 2.67 bits per heavy atom. The van der Waals surface area contributed by atoms with Crippen molar-refractivity contribution in [2.24, 2.45) is 0 Å². The van der Waals surface area contributed by atoms with E-state index in [2.05, 4.69) is 22.4 Å². The standard InChI is InChI=1S/C22H22N2O2S/c1-26-19-10-8-18(9-11-19)23(15-20-6-4-14-27-20)16-22(25)24-13-12-17-5-2-3-7-21(17)24/h2-11,14H,12-13,15-16H2,1H3. The number of amides is 1. The van der Waals surface area contributed by atoms with Gasteiger partial charge in [0.25, 0.3) is 0 Å². The fraction of sp³-hybridized carbons (Fsp3) is 0.227. The third kappa shape index (κ3) is 3.83. The number of methoxy groups -OCH3 is 1. The maximum absolute atomic E-state index is 13.1. The average molecular weight is 378 g/mol. The molecule has 1 aromatic heterocycles. The van der Waals surface area contributed by atoms with Gasteiger partial charge in [0.15, 0.2) is 0 Å². The molecular formula is C22H22N2O2S. The van der Waals surface area contributed by atoms with Gasteiger partial charge in [-0.1, -0.05) is 24.3 Å². The Morgan fingerprint density at radius 2 is 1.93 bits per heavy atom. The molecule has 3 aromatic rings. The zero-order chi connectivity index (χ0) is 18.6. The first-order valence-electron chi connectivity index (χ1n) is 9.04. The summed E-state index contributed by atoms with van der Waals surface area (Å²) in [6.45, 7) is 1.82. The van der Waals surface area contributed by atoms with Crippen LogP contribution in [0.5, 0.6) is 5.75 Å². The number of hydrogen-bond acceptors (Lipinski definition) is 4. The van der Waals surface area contributed by atoms with E-state index in [9.17, 15) is 4.79 Å². The smallest absolute Gasteiger partial charge is 0.246 e. The Kier molecular flexibility index (Phi) is 5.12. The molecule has 2 heterocycles. The molecule has 0 saturated heterocycles. The molecule has 0 aliphatic carbocycles. The fourth-order valence-corrected chi connectivity index (χ4v) is 4.19. The minimum atomic E-state index is 0.132. The molecule has 5 heteroatoms. The van der Waals surface area contributed by atoms with Gasteiger partial charge in [-0.05, 0) is 53.8 Å². The summed E-state index contributed by atoms with van der Waals surface area (Å²) in [5, 5.41) is 2.07. The normalized spacial score (nSPS) is 12.7. The molecule has 4 rings (SSSR count). The van der Waals surface area contributed by atoms with Crippen molar-refractivity contribution >= 4 is 28.6 Å². The van der Waals surface area contributed by atoms with Crippen molar-refractivity contribution in [2.45, 2.75) is 13.0 Å². The highest BCUT2D eigenvalue weighted by atomic mass is 32.1. The number of fused-ring (bicyclic) bond motifs is 1. The van der Waals surface area contributed by atoms with E-state index in [0.717, 1.165) is 30.1 Å². The van der Waals surface area contributed by atoms with Gasteiger partial charge >= 0.3 is 0 Å². The summed E-state index contributed by atoms with van der Waals surface area (Å²) in [6, 6.07) is 20.2. The lowest BCUT2D eigenvalue weighted by Gasteiger charge is -2.27. The van der Waals surface area contributed by atoms with E-state index in [1.165, 1.54) is 10.4 Å². The first-order chi connectivity index (χ1) is 13.2. The van der Waals surface area contributed by atoms with E-state index in [1.807, 2.05) is 53.4 Å². The third-order valence-corrected chi connectivity index (χ3v) is 5.74. The molecule has 1 amide bonds. The van der Waals surface area contributed by atoms with E-state index < -0.39 is 0 Å². The maximum Gasteiger partial charge on any atom is 0.246 e. The van der Waals surface area contributed by atoms with Gasteiger partial charge in [-0.25, -0.2) is 0 Å². The number of para-hydroxylation sites is 1. The van der Waals surface area contributed by atoms with Crippen molar-refractivity contribution < 1.29 is 9.53 Å². The maximum atomic E-state index is 13.1. The minimum absolute atomic E-state index is 0.132. The Labute approximate surface area is 163 Å². The van der Waals surface area contributed by atoms with Crippen LogP contribution in [-0.4, -0.2) is 26.1 Å². The van der Waals surface area contributed by atoms with Crippen LogP contribution in [0.15, 0.2) is 66.0 Å². The molecular weight excluding hydrogens is 356 g/mol. The van der Waals surface area contributed by atoms with Gasteiger partial charge in [0, 0.05) is 22.8 Å². The Hall–Kier alpha value is -2.79. The highest BCUT2D eigenvalue weighted by molar-refractivity contribution is 7.09. The summed E-state index contributed by atoms with van der Waals surface area (Å²) >= 11 is 1.71. The molecule has 0 N–H and O–H groups in total. The lowest BCUT2D eigenvalue weighted by atomic mass is 10.2. The summed E-state index contributed by atoms with van der Waals surface area (Å²) < 4.78 is 5.26. The van der Waals surface area contributed by atoms with E-state index in [-0.39, 0.29) is 5.91 Å². The molecule has 0 unspecified atom stereocenters. The van der Waals surface area contributed by atoms with Crippen LogP contribution in [0.25, 0.3) is 0 Å². The number of carbonyl (C=O) groups excluding carboxylic acids is 1. The first-order valence-corrected chi connectivity index (χ1v) is 9.92. The molecule has 1 aliphatic heterocycles. The van der Waals surface area contributed by atoms with Crippen molar-refractivity contribution in [3.05, 3.63) is 76.5 Å². The van der Waals surface area contributed by atoms with Crippen LogP contribution in [0.4, 0.5) is 11.4 Å². The molecule has 1 aliphatic rings. The van der Waals surface area contributed by atoms with Gasteiger partial charge < -0.3 is 14.5 Å². The number of thiophene rings is 1. The largest absolute Gasteiger partial charge is 0.497 e. The highest BCUT2D eigenvalue weighted by Crippen LogP contribution is 2.28. The van der Waals surface area contributed by atoms with Gasteiger partial charge in [-0.15, -0.1) is 11.3 Å². The zero-order valence-electron chi connectivity index (χ0n) is 15.3. The van der Waals surface area contributed by atoms with Gasteiger partial charge in [0.2, 0.25) is 5.91 Å². The molecule has 0 fully saturated rings. The van der Waals surface area contributed by atoms with Crippen LogP contribution in [0.2, 0.25) is 0 Å². The molecule has 4 nitrogen and oxygen atoms in total. The Balaban J connectivity index is 1.56. The van der Waals surface area contributed by atoms with Gasteiger partial charge in [-0.3, -0.25) is 4.79 Å². The number of nitrogens with zero attached hydrogens (tertiary/aromatic N) is 2. The summed E-state index contributed by atoms with van der Waals surface area (Å²) in [6.07, 6.45) is 0.926. The molecule has 0 atom stereocenters. The molecule has 138 valence electrons. The first kappa shape index (κ1) is 17.6. The Bertz CT molecular complexity index is 906. The van der Waals surface area contributed by atoms with Crippen molar-refractivity contribution in [2.75, 3.05) is 30.0 Å².